The van der Waals surface area contributed by atoms with E-state index >= 15 is 0 Å². The maximum absolute atomic E-state index is 5.52. The van der Waals surface area contributed by atoms with Gasteiger partial charge >= 0.3 is 0 Å². The highest BCUT2D eigenvalue weighted by Gasteiger charge is 2.22. The van der Waals surface area contributed by atoms with E-state index in [-0.39, 0.29) is 0 Å². The lowest BCUT2D eigenvalue weighted by Crippen LogP contribution is -2.47. The third kappa shape index (κ3) is 5.22. The van der Waals surface area contributed by atoms with E-state index in [0.29, 0.717) is 29.3 Å². The normalized spacial score (nSPS) is 13.5. The van der Waals surface area contributed by atoms with Crippen molar-refractivity contribution in [1.82, 2.24) is 19.9 Å². The van der Waals surface area contributed by atoms with Gasteiger partial charge in [-0.3, -0.25) is 0 Å². The number of anilines is 5. The Bertz CT molecular complexity index is 1070. The third-order valence-corrected chi connectivity index (χ3v) is 5.85. The maximum atomic E-state index is 5.52. The van der Waals surface area contributed by atoms with Gasteiger partial charge in [0, 0.05) is 51.5 Å². The summed E-state index contributed by atoms with van der Waals surface area (Å²) < 4.78 is 10.9. The van der Waals surface area contributed by atoms with E-state index in [1.807, 2.05) is 42.6 Å². The second-order valence-electron chi connectivity index (χ2n) is 7.78. The van der Waals surface area contributed by atoms with Gasteiger partial charge in [-0.25, -0.2) is 4.98 Å². The Kier molecular flexibility index (Phi) is 7.46. The number of piperazine rings is 1. The van der Waals surface area contributed by atoms with Gasteiger partial charge in [0.25, 0.3) is 0 Å². The Balaban J connectivity index is 1.61. The summed E-state index contributed by atoms with van der Waals surface area (Å²) in [6.07, 6.45) is 1.83. The third-order valence-electron chi connectivity index (χ3n) is 5.85. The first kappa shape index (κ1) is 23.3. The lowest BCUT2D eigenvalue weighted by atomic mass is 10.2. The molecular formula is C24H32N8O2. The lowest BCUT2D eigenvalue weighted by Gasteiger charge is -2.35. The van der Waals surface area contributed by atoms with Crippen LogP contribution in [0.5, 0.6) is 11.5 Å². The minimum Gasteiger partial charge on any atom is -0.497 e. The molecule has 0 atom stereocenters. The van der Waals surface area contributed by atoms with Crippen molar-refractivity contribution in [3.05, 3.63) is 42.6 Å². The van der Waals surface area contributed by atoms with Gasteiger partial charge in [-0.2, -0.15) is 15.0 Å². The molecule has 180 valence electrons. The van der Waals surface area contributed by atoms with Crippen LogP contribution in [0.4, 0.5) is 29.4 Å². The zero-order chi connectivity index (χ0) is 23.9. The first-order chi connectivity index (χ1) is 16.6. The van der Waals surface area contributed by atoms with E-state index in [2.05, 4.69) is 38.8 Å². The predicted molar refractivity (Wildman–Crippen MR) is 135 cm³/mol. The molecule has 10 nitrogen and oxygen atoms in total. The van der Waals surface area contributed by atoms with Gasteiger partial charge in [0.1, 0.15) is 17.3 Å². The molecule has 0 bridgehead atoms. The van der Waals surface area contributed by atoms with E-state index in [0.717, 1.165) is 50.8 Å². The molecule has 1 aliphatic rings. The number of aromatic nitrogens is 4. The molecule has 1 aromatic carbocycles. The molecule has 34 heavy (non-hydrogen) atoms. The number of nitrogens with one attached hydrogen (secondary N) is 1. The van der Waals surface area contributed by atoms with Crippen molar-refractivity contribution in [3.8, 4) is 11.5 Å². The van der Waals surface area contributed by atoms with E-state index in [1.165, 1.54) is 0 Å². The molecular weight excluding hydrogens is 432 g/mol. The van der Waals surface area contributed by atoms with Gasteiger partial charge in [0.05, 0.1) is 19.9 Å². The number of methoxy groups -OCH3 is 2. The van der Waals surface area contributed by atoms with E-state index in [4.69, 9.17) is 24.4 Å². The molecule has 0 radical (unpaired) electrons. The summed E-state index contributed by atoms with van der Waals surface area (Å²) in [5.41, 5.74) is 0.726. The SMILES string of the molecule is CCN(CC)c1nc(Nc2cc(OC)ccc2OC)nc(N2CCN(c3ccccn3)CC2)n1. The molecule has 1 fully saturated rings. The Morgan fingerprint density at radius 2 is 1.68 bits per heavy atom. The summed E-state index contributed by atoms with van der Waals surface area (Å²) in [5.74, 6) is 4.15. The molecule has 0 saturated carbocycles. The number of pyridine rings is 1. The number of hydrogen-bond acceptors (Lipinski definition) is 10. The Morgan fingerprint density at radius 3 is 2.32 bits per heavy atom. The molecule has 3 aromatic rings. The number of hydrogen-bond donors (Lipinski definition) is 1. The summed E-state index contributed by atoms with van der Waals surface area (Å²) in [4.78, 5) is 25.4. The summed E-state index contributed by atoms with van der Waals surface area (Å²) >= 11 is 0. The van der Waals surface area contributed by atoms with E-state index in [1.54, 1.807) is 14.2 Å². The fourth-order valence-electron chi connectivity index (χ4n) is 3.91. The summed E-state index contributed by atoms with van der Waals surface area (Å²) in [6, 6.07) is 11.6. The van der Waals surface area contributed by atoms with Crippen molar-refractivity contribution in [2.45, 2.75) is 13.8 Å². The first-order valence-corrected chi connectivity index (χ1v) is 11.6. The molecule has 0 aliphatic carbocycles. The molecule has 4 rings (SSSR count). The fraction of sp³-hybridized carbons (Fsp3) is 0.417. The highest BCUT2D eigenvalue weighted by atomic mass is 16.5. The van der Waals surface area contributed by atoms with Crippen molar-refractivity contribution < 1.29 is 9.47 Å². The highest BCUT2D eigenvalue weighted by molar-refractivity contribution is 5.66. The van der Waals surface area contributed by atoms with Crippen LogP contribution in [0, 0.1) is 0 Å². The Morgan fingerprint density at radius 1 is 0.912 bits per heavy atom. The van der Waals surface area contributed by atoms with Crippen LogP contribution in [-0.2, 0) is 0 Å². The Hall–Kier alpha value is -3.82. The van der Waals surface area contributed by atoms with Crippen LogP contribution in [-0.4, -0.2) is 73.4 Å². The van der Waals surface area contributed by atoms with Crippen LogP contribution in [0.3, 0.4) is 0 Å². The average molecular weight is 465 g/mol. The van der Waals surface area contributed by atoms with Crippen LogP contribution in [0.25, 0.3) is 0 Å². The van der Waals surface area contributed by atoms with Crippen molar-refractivity contribution in [3.63, 3.8) is 0 Å². The van der Waals surface area contributed by atoms with Gasteiger partial charge < -0.3 is 29.5 Å². The molecule has 1 N–H and O–H groups in total. The van der Waals surface area contributed by atoms with Crippen LogP contribution in [0.1, 0.15) is 13.8 Å². The standard InChI is InChI=1S/C24H32N8O2/c1-5-30(6-2)23-27-22(26-19-17-18(33-3)10-11-20(19)34-4)28-24(29-23)32-15-13-31(14-16-32)21-9-7-8-12-25-21/h7-12,17H,5-6,13-16H2,1-4H3,(H,26,27,28,29). The maximum Gasteiger partial charge on any atom is 0.233 e. The second-order valence-corrected chi connectivity index (χ2v) is 7.78. The van der Waals surface area contributed by atoms with Crippen molar-refractivity contribution in [1.29, 1.82) is 0 Å². The minimum atomic E-state index is 0.464. The van der Waals surface area contributed by atoms with Crippen molar-refractivity contribution in [2.75, 3.05) is 73.5 Å². The molecule has 10 heteroatoms. The molecule has 1 aliphatic heterocycles. The number of nitrogens with zero attached hydrogens (tertiary/aromatic N) is 7. The van der Waals surface area contributed by atoms with E-state index < -0.39 is 0 Å². The fourth-order valence-corrected chi connectivity index (χ4v) is 3.91. The molecule has 1 saturated heterocycles. The van der Waals surface area contributed by atoms with Gasteiger partial charge in [-0.15, -0.1) is 0 Å². The van der Waals surface area contributed by atoms with Crippen molar-refractivity contribution in [2.24, 2.45) is 0 Å². The number of rotatable bonds is 9. The average Bonchev–Trinajstić information content (AvgIpc) is 2.90. The zero-order valence-electron chi connectivity index (χ0n) is 20.2. The predicted octanol–water partition coefficient (Wildman–Crippen LogP) is 3.20. The number of ether oxygens (including phenoxy) is 2. The summed E-state index contributed by atoms with van der Waals surface area (Å²) in [7, 11) is 3.27. The molecule has 0 spiro atoms. The smallest absolute Gasteiger partial charge is 0.233 e. The van der Waals surface area contributed by atoms with Gasteiger partial charge in [-0.05, 0) is 38.1 Å². The quantitative estimate of drug-likeness (QED) is 0.509. The number of benzene rings is 1. The van der Waals surface area contributed by atoms with Crippen molar-refractivity contribution >= 4 is 29.4 Å². The van der Waals surface area contributed by atoms with E-state index in [9.17, 15) is 0 Å². The summed E-state index contributed by atoms with van der Waals surface area (Å²) in [5, 5.41) is 3.31. The highest BCUT2D eigenvalue weighted by Crippen LogP contribution is 2.31. The van der Waals surface area contributed by atoms with Crippen LogP contribution in [0.2, 0.25) is 0 Å². The largest absolute Gasteiger partial charge is 0.497 e. The first-order valence-electron chi connectivity index (χ1n) is 11.6. The van der Waals surface area contributed by atoms with Crippen LogP contribution >= 0.6 is 0 Å². The monoisotopic (exact) mass is 464 g/mol. The second kappa shape index (κ2) is 10.9. The topological polar surface area (TPSA) is 91.8 Å². The van der Waals surface area contributed by atoms with Gasteiger partial charge in [0.2, 0.25) is 17.8 Å². The lowest BCUT2D eigenvalue weighted by molar-refractivity contribution is 0.405. The minimum absolute atomic E-state index is 0.464. The molecule has 0 amide bonds. The zero-order valence-corrected chi connectivity index (χ0v) is 20.2. The van der Waals surface area contributed by atoms with Crippen LogP contribution < -0.4 is 29.5 Å². The molecule has 0 unspecified atom stereocenters. The van der Waals surface area contributed by atoms with Gasteiger partial charge in [-0.1, -0.05) is 6.07 Å². The molecule has 3 heterocycles. The summed E-state index contributed by atoms with van der Waals surface area (Å²) in [6.45, 7) is 9.06. The Labute approximate surface area is 200 Å². The van der Waals surface area contributed by atoms with Gasteiger partial charge in [0.15, 0.2) is 0 Å². The van der Waals surface area contributed by atoms with Crippen LogP contribution in [0.15, 0.2) is 42.6 Å². The molecule has 2 aromatic heterocycles.